The van der Waals surface area contributed by atoms with Gasteiger partial charge < -0.3 is 0 Å². The standard InChI is InChI=1S/C8H6FNS/c1-5-2-7-8(11-5)3-6(9)4-10-7/h2-4H,1H3. The van der Waals surface area contributed by atoms with Crippen LogP contribution in [0.25, 0.3) is 10.2 Å². The summed E-state index contributed by atoms with van der Waals surface area (Å²) < 4.78 is 13.5. The van der Waals surface area contributed by atoms with Crippen LogP contribution in [0.5, 0.6) is 0 Å². The van der Waals surface area contributed by atoms with Gasteiger partial charge in [0.2, 0.25) is 0 Å². The summed E-state index contributed by atoms with van der Waals surface area (Å²) in [4.78, 5) is 5.10. The van der Waals surface area contributed by atoms with Crippen molar-refractivity contribution >= 4 is 21.6 Å². The van der Waals surface area contributed by atoms with Crippen molar-refractivity contribution < 1.29 is 4.39 Å². The highest BCUT2D eigenvalue weighted by molar-refractivity contribution is 7.18. The molecular formula is C8H6FNS. The molecule has 0 amide bonds. The summed E-state index contributed by atoms with van der Waals surface area (Å²) in [5, 5.41) is 0. The van der Waals surface area contributed by atoms with Crippen LogP contribution < -0.4 is 0 Å². The number of pyridine rings is 1. The van der Waals surface area contributed by atoms with Gasteiger partial charge in [-0.1, -0.05) is 0 Å². The number of halogens is 1. The fraction of sp³-hybridized carbons (Fsp3) is 0.125. The van der Waals surface area contributed by atoms with Crippen molar-refractivity contribution in [2.75, 3.05) is 0 Å². The lowest BCUT2D eigenvalue weighted by molar-refractivity contribution is 0.624. The molecular weight excluding hydrogens is 161 g/mol. The molecule has 0 unspecified atom stereocenters. The van der Waals surface area contributed by atoms with Gasteiger partial charge >= 0.3 is 0 Å². The Morgan fingerprint density at radius 1 is 1.45 bits per heavy atom. The number of thiophene rings is 1. The molecule has 0 fully saturated rings. The molecule has 2 aromatic heterocycles. The Morgan fingerprint density at radius 2 is 2.27 bits per heavy atom. The highest BCUT2D eigenvalue weighted by Gasteiger charge is 1.99. The SMILES string of the molecule is Cc1cc2ncc(F)cc2s1. The van der Waals surface area contributed by atoms with Crippen LogP contribution in [0.15, 0.2) is 18.3 Å². The molecule has 1 nitrogen and oxygen atoms in total. The Kier molecular flexibility index (Phi) is 1.39. The van der Waals surface area contributed by atoms with Gasteiger partial charge in [0.1, 0.15) is 5.82 Å². The second kappa shape index (κ2) is 2.27. The van der Waals surface area contributed by atoms with Crippen LogP contribution in [-0.4, -0.2) is 4.98 Å². The molecule has 2 heterocycles. The molecule has 0 atom stereocenters. The van der Waals surface area contributed by atoms with Gasteiger partial charge in [-0.05, 0) is 19.1 Å². The van der Waals surface area contributed by atoms with E-state index in [0.29, 0.717) is 0 Å². The van der Waals surface area contributed by atoms with Crippen LogP contribution in [-0.2, 0) is 0 Å². The molecule has 2 rings (SSSR count). The highest BCUT2D eigenvalue weighted by atomic mass is 32.1. The average molecular weight is 167 g/mol. The first-order valence-corrected chi connectivity index (χ1v) is 4.09. The second-order valence-corrected chi connectivity index (χ2v) is 3.68. The minimum absolute atomic E-state index is 0.264. The Morgan fingerprint density at radius 3 is 3.09 bits per heavy atom. The first kappa shape index (κ1) is 6.73. The number of nitrogens with zero attached hydrogens (tertiary/aromatic N) is 1. The zero-order valence-electron chi connectivity index (χ0n) is 5.97. The van der Waals surface area contributed by atoms with Crippen LogP contribution in [0.3, 0.4) is 0 Å². The summed E-state index contributed by atoms with van der Waals surface area (Å²) in [6.07, 6.45) is 1.24. The number of hydrogen-bond acceptors (Lipinski definition) is 2. The summed E-state index contributed by atoms with van der Waals surface area (Å²) >= 11 is 1.56. The third-order valence-corrected chi connectivity index (χ3v) is 2.45. The highest BCUT2D eigenvalue weighted by Crippen LogP contribution is 2.23. The van der Waals surface area contributed by atoms with Crippen LogP contribution in [0, 0.1) is 12.7 Å². The summed E-state index contributed by atoms with van der Waals surface area (Å²) in [5.41, 5.74) is 0.883. The molecule has 3 heteroatoms. The molecule has 56 valence electrons. The maximum absolute atomic E-state index is 12.6. The van der Waals surface area contributed by atoms with Gasteiger partial charge in [0.15, 0.2) is 0 Å². The molecule has 0 aliphatic rings. The van der Waals surface area contributed by atoms with E-state index in [2.05, 4.69) is 4.98 Å². The molecule has 2 aromatic rings. The summed E-state index contributed by atoms with van der Waals surface area (Å²) in [7, 11) is 0. The van der Waals surface area contributed by atoms with Gasteiger partial charge in [-0.15, -0.1) is 11.3 Å². The molecule has 0 aliphatic carbocycles. The van der Waals surface area contributed by atoms with Crippen molar-refractivity contribution in [2.24, 2.45) is 0 Å². The van der Waals surface area contributed by atoms with Crippen molar-refractivity contribution in [1.82, 2.24) is 4.98 Å². The van der Waals surface area contributed by atoms with Crippen molar-refractivity contribution in [1.29, 1.82) is 0 Å². The third-order valence-electron chi connectivity index (χ3n) is 1.46. The quantitative estimate of drug-likeness (QED) is 0.588. The molecule has 0 aliphatic heterocycles. The largest absolute Gasteiger partial charge is 0.252 e. The summed E-state index contributed by atoms with van der Waals surface area (Å²) in [5.74, 6) is -0.264. The lowest BCUT2D eigenvalue weighted by Crippen LogP contribution is -1.74. The maximum Gasteiger partial charge on any atom is 0.142 e. The maximum atomic E-state index is 12.6. The Labute approximate surface area is 67.5 Å². The van der Waals surface area contributed by atoms with Gasteiger partial charge in [-0.3, -0.25) is 4.98 Å². The summed E-state index contributed by atoms with van der Waals surface area (Å²) in [6, 6.07) is 3.47. The van der Waals surface area contributed by atoms with Crippen LogP contribution in [0.1, 0.15) is 4.88 Å². The zero-order chi connectivity index (χ0) is 7.84. The Hall–Kier alpha value is -0.960. The summed E-state index contributed by atoms with van der Waals surface area (Å²) in [6.45, 7) is 1.99. The van der Waals surface area contributed by atoms with E-state index in [9.17, 15) is 4.39 Å². The van der Waals surface area contributed by atoms with E-state index < -0.39 is 0 Å². The molecule has 0 radical (unpaired) electrons. The molecule has 0 aromatic carbocycles. The number of rotatable bonds is 0. The molecule has 0 N–H and O–H groups in total. The first-order valence-electron chi connectivity index (χ1n) is 3.27. The number of fused-ring (bicyclic) bond motifs is 1. The zero-order valence-corrected chi connectivity index (χ0v) is 6.78. The Bertz CT molecular complexity index is 394. The van der Waals surface area contributed by atoms with Crippen LogP contribution in [0.4, 0.5) is 4.39 Å². The van der Waals surface area contributed by atoms with Crippen molar-refractivity contribution in [3.63, 3.8) is 0 Å². The second-order valence-electron chi connectivity index (χ2n) is 2.39. The fourth-order valence-corrected chi connectivity index (χ4v) is 1.92. The third kappa shape index (κ3) is 1.12. The van der Waals surface area contributed by atoms with E-state index in [4.69, 9.17) is 0 Å². The van der Waals surface area contributed by atoms with Crippen LogP contribution in [0.2, 0.25) is 0 Å². The molecule has 11 heavy (non-hydrogen) atoms. The van der Waals surface area contributed by atoms with Gasteiger partial charge in [0.25, 0.3) is 0 Å². The normalized spacial score (nSPS) is 10.7. The lowest BCUT2D eigenvalue weighted by Gasteiger charge is -1.86. The fourth-order valence-electron chi connectivity index (χ4n) is 1.02. The monoisotopic (exact) mass is 167 g/mol. The molecule has 0 spiro atoms. The van der Waals surface area contributed by atoms with E-state index in [0.717, 1.165) is 15.1 Å². The van der Waals surface area contributed by atoms with Crippen molar-refractivity contribution in [3.05, 3.63) is 29.0 Å². The predicted octanol–water partition coefficient (Wildman–Crippen LogP) is 2.74. The van der Waals surface area contributed by atoms with E-state index >= 15 is 0 Å². The first-order chi connectivity index (χ1) is 5.25. The molecule has 0 saturated carbocycles. The lowest BCUT2D eigenvalue weighted by atomic mass is 10.4. The van der Waals surface area contributed by atoms with Crippen LogP contribution >= 0.6 is 11.3 Å². The number of aryl methyl sites for hydroxylation is 1. The minimum Gasteiger partial charge on any atom is -0.252 e. The van der Waals surface area contributed by atoms with Crippen molar-refractivity contribution in [3.8, 4) is 0 Å². The molecule has 0 bridgehead atoms. The molecule has 0 saturated heterocycles. The number of hydrogen-bond donors (Lipinski definition) is 0. The predicted molar refractivity (Wildman–Crippen MR) is 44.3 cm³/mol. The van der Waals surface area contributed by atoms with E-state index in [1.165, 1.54) is 12.3 Å². The van der Waals surface area contributed by atoms with E-state index in [-0.39, 0.29) is 5.82 Å². The van der Waals surface area contributed by atoms with E-state index in [1.54, 1.807) is 11.3 Å². The Balaban J connectivity index is 2.82. The van der Waals surface area contributed by atoms with Gasteiger partial charge in [-0.25, -0.2) is 4.39 Å². The van der Waals surface area contributed by atoms with E-state index in [1.807, 2.05) is 13.0 Å². The minimum atomic E-state index is -0.264. The van der Waals surface area contributed by atoms with Gasteiger partial charge in [0.05, 0.1) is 16.4 Å². The average Bonchev–Trinajstić information content (AvgIpc) is 2.27. The smallest absolute Gasteiger partial charge is 0.142 e. The van der Waals surface area contributed by atoms with Crippen molar-refractivity contribution in [2.45, 2.75) is 6.92 Å². The van der Waals surface area contributed by atoms with Gasteiger partial charge in [0, 0.05) is 4.88 Å². The number of aromatic nitrogens is 1. The topological polar surface area (TPSA) is 12.9 Å². The van der Waals surface area contributed by atoms with Gasteiger partial charge in [-0.2, -0.15) is 0 Å².